The SMILES string of the molecule is Cc1ccc(Br)cc1CC1CNCCN1. The maximum atomic E-state index is 3.54. The highest BCUT2D eigenvalue weighted by molar-refractivity contribution is 9.10. The summed E-state index contributed by atoms with van der Waals surface area (Å²) in [6, 6.07) is 7.08. The highest BCUT2D eigenvalue weighted by Crippen LogP contribution is 2.17. The monoisotopic (exact) mass is 268 g/mol. The summed E-state index contributed by atoms with van der Waals surface area (Å²) in [5.41, 5.74) is 2.82. The molecule has 15 heavy (non-hydrogen) atoms. The quantitative estimate of drug-likeness (QED) is 0.856. The van der Waals surface area contributed by atoms with Crippen molar-refractivity contribution in [3.8, 4) is 0 Å². The minimum atomic E-state index is 0.576. The zero-order valence-electron chi connectivity index (χ0n) is 9.02. The number of halogens is 1. The molecule has 2 N–H and O–H groups in total. The van der Waals surface area contributed by atoms with E-state index < -0.39 is 0 Å². The van der Waals surface area contributed by atoms with E-state index >= 15 is 0 Å². The normalized spacial score (nSPS) is 21.6. The maximum absolute atomic E-state index is 3.54. The first-order valence-electron chi connectivity index (χ1n) is 5.45. The van der Waals surface area contributed by atoms with Crippen LogP contribution in [0.3, 0.4) is 0 Å². The fourth-order valence-electron chi connectivity index (χ4n) is 1.98. The van der Waals surface area contributed by atoms with Gasteiger partial charge in [-0.15, -0.1) is 0 Å². The van der Waals surface area contributed by atoms with E-state index in [1.54, 1.807) is 0 Å². The van der Waals surface area contributed by atoms with Crippen LogP contribution in [0.2, 0.25) is 0 Å². The average molecular weight is 269 g/mol. The molecule has 1 aromatic rings. The van der Waals surface area contributed by atoms with Crippen molar-refractivity contribution in [2.24, 2.45) is 0 Å². The summed E-state index contributed by atoms with van der Waals surface area (Å²) >= 11 is 3.53. The first-order chi connectivity index (χ1) is 7.25. The van der Waals surface area contributed by atoms with Crippen LogP contribution in [-0.2, 0) is 6.42 Å². The number of rotatable bonds is 2. The van der Waals surface area contributed by atoms with Crippen LogP contribution in [0.25, 0.3) is 0 Å². The molecular weight excluding hydrogens is 252 g/mol. The van der Waals surface area contributed by atoms with Crippen molar-refractivity contribution in [2.75, 3.05) is 19.6 Å². The average Bonchev–Trinajstić information content (AvgIpc) is 2.25. The fourth-order valence-corrected chi connectivity index (χ4v) is 2.39. The minimum Gasteiger partial charge on any atom is -0.314 e. The second-order valence-electron chi connectivity index (χ2n) is 4.13. The van der Waals surface area contributed by atoms with Crippen LogP contribution in [-0.4, -0.2) is 25.7 Å². The molecule has 0 bridgehead atoms. The van der Waals surface area contributed by atoms with Crippen molar-refractivity contribution < 1.29 is 0 Å². The van der Waals surface area contributed by atoms with Gasteiger partial charge in [0.15, 0.2) is 0 Å². The summed E-state index contributed by atoms with van der Waals surface area (Å²) in [5.74, 6) is 0. The Labute approximate surface area is 99.6 Å². The standard InChI is InChI=1S/C12H17BrN2/c1-9-2-3-11(13)6-10(9)7-12-8-14-4-5-15-12/h2-3,6,12,14-15H,4-5,7-8H2,1H3. The predicted octanol–water partition coefficient (Wildman–Crippen LogP) is 1.86. The molecule has 1 aliphatic rings. The van der Waals surface area contributed by atoms with Gasteiger partial charge in [-0.2, -0.15) is 0 Å². The Morgan fingerprint density at radius 1 is 1.40 bits per heavy atom. The number of benzene rings is 1. The molecule has 0 aromatic heterocycles. The Kier molecular flexibility index (Phi) is 3.78. The van der Waals surface area contributed by atoms with Gasteiger partial charge in [-0.3, -0.25) is 0 Å². The molecule has 1 fully saturated rings. The Balaban J connectivity index is 2.05. The van der Waals surface area contributed by atoms with Gasteiger partial charge in [-0.1, -0.05) is 22.0 Å². The molecule has 1 heterocycles. The maximum Gasteiger partial charge on any atom is 0.0233 e. The number of hydrogen-bond acceptors (Lipinski definition) is 2. The van der Waals surface area contributed by atoms with Crippen LogP contribution in [0.5, 0.6) is 0 Å². The van der Waals surface area contributed by atoms with Gasteiger partial charge in [0.25, 0.3) is 0 Å². The smallest absolute Gasteiger partial charge is 0.0233 e. The second-order valence-corrected chi connectivity index (χ2v) is 5.05. The van der Waals surface area contributed by atoms with Crippen LogP contribution in [0.1, 0.15) is 11.1 Å². The second kappa shape index (κ2) is 5.10. The largest absolute Gasteiger partial charge is 0.314 e. The molecule has 0 saturated carbocycles. The van der Waals surface area contributed by atoms with E-state index in [4.69, 9.17) is 0 Å². The fraction of sp³-hybridized carbons (Fsp3) is 0.500. The molecule has 3 heteroatoms. The molecule has 2 nitrogen and oxygen atoms in total. The third-order valence-electron chi connectivity index (χ3n) is 2.90. The molecule has 82 valence electrons. The van der Waals surface area contributed by atoms with Crippen LogP contribution in [0.4, 0.5) is 0 Å². The topological polar surface area (TPSA) is 24.1 Å². The molecule has 0 amide bonds. The zero-order valence-corrected chi connectivity index (χ0v) is 10.6. The summed E-state index contributed by atoms with van der Waals surface area (Å²) in [6.45, 7) is 5.43. The zero-order chi connectivity index (χ0) is 10.7. The van der Waals surface area contributed by atoms with Crippen LogP contribution >= 0.6 is 15.9 Å². The van der Waals surface area contributed by atoms with E-state index in [1.807, 2.05) is 0 Å². The van der Waals surface area contributed by atoms with Gasteiger partial charge in [-0.05, 0) is 36.6 Å². The lowest BCUT2D eigenvalue weighted by atomic mass is 10.0. The number of aryl methyl sites for hydroxylation is 1. The van der Waals surface area contributed by atoms with Crippen molar-refractivity contribution in [1.82, 2.24) is 10.6 Å². The van der Waals surface area contributed by atoms with E-state index in [9.17, 15) is 0 Å². The van der Waals surface area contributed by atoms with E-state index in [1.165, 1.54) is 15.6 Å². The van der Waals surface area contributed by atoms with Crippen molar-refractivity contribution in [3.05, 3.63) is 33.8 Å². The van der Waals surface area contributed by atoms with Crippen molar-refractivity contribution >= 4 is 15.9 Å². The number of piperazine rings is 1. The lowest BCUT2D eigenvalue weighted by molar-refractivity contribution is 0.416. The summed E-state index contributed by atoms with van der Waals surface area (Å²) in [4.78, 5) is 0. The van der Waals surface area contributed by atoms with E-state index in [0.29, 0.717) is 6.04 Å². The van der Waals surface area contributed by atoms with Gasteiger partial charge in [-0.25, -0.2) is 0 Å². The van der Waals surface area contributed by atoms with Crippen LogP contribution < -0.4 is 10.6 Å². The Morgan fingerprint density at radius 2 is 2.27 bits per heavy atom. The van der Waals surface area contributed by atoms with Gasteiger partial charge in [0.1, 0.15) is 0 Å². The summed E-state index contributed by atoms with van der Waals surface area (Å²) < 4.78 is 1.17. The highest BCUT2D eigenvalue weighted by Gasteiger charge is 2.13. The van der Waals surface area contributed by atoms with E-state index in [2.05, 4.69) is 51.7 Å². The van der Waals surface area contributed by atoms with Crippen LogP contribution in [0.15, 0.2) is 22.7 Å². The number of nitrogens with one attached hydrogen (secondary N) is 2. The predicted molar refractivity (Wildman–Crippen MR) is 67.2 cm³/mol. The molecule has 1 aromatic carbocycles. The molecule has 1 aliphatic heterocycles. The first kappa shape index (κ1) is 11.1. The molecule has 1 unspecified atom stereocenters. The lowest BCUT2D eigenvalue weighted by Crippen LogP contribution is -2.49. The van der Waals surface area contributed by atoms with Crippen molar-refractivity contribution in [1.29, 1.82) is 0 Å². The Bertz CT molecular complexity index is 332. The lowest BCUT2D eigenvalue weighted by Gasteiger charge is -2.25. The molecule has 2 rings (SSSR count). The molecular formula is C12H17BrN2. The first-order valence-corrected chi connectivity index (χ1v) is 6.24. The Hall–Kier alpha value is -0.380. The molecule has 0 aliphatic carbocycles. The van der Waals surface area contributed by atoms with Crippen molar-refractivity contribution in [2.45, 2.75) is 19.4 Å². The van der Waals surface area contributed by atoms with Crippen molar-refractivity contribution in [3.63, 3.8) is 0 Å². The van der Waals surface area contributed by atoms with Gasteiger partial charge in [0.05, 0.1) is 0 Å². The van der Waals surface area contributed by atoms with Gasteiger partial charge >= 0.3 is 0 Å². The molecule has 1 atom stereocenters. The minimum absolute atomic E-state index is 0.576. The molecule has 0 radical (unpaired) electrons. The van der Waals surface area contributed by atoms with E-state index in [-0.39, 0.29) is 0 Å². The molecule has 0 spiro atoms. The highest BCUT2D eigenvalue weighted by atomic mass is 79.9. The summed E-state index contributed by atoms with van der Waals surface area (Å²) in [5, 5.41) is 6.95. The third-order valence-corrected chi connectivity index (χ3v) is 3.40. The summed E-state index contributed by atoms with van der Waals surface area (Å²) in [7, 11) is 0. The third kappa shape index (κ3) is 3.03. The molecule has 1 saturated heterocycles. The Morgan fingerprint density at radius 3 is 3.00 bits per heavy atom. The van der Waals surface area contributed by atoms with Gasteiger partial charge in [0.2, 0.25) is 0 Å². The number of hydrogen-bond donors (Lipinski definition) is 2. The summed E-state index contributed by atoms with van der Waals surface area (Å²) in [6.07, 6.45) is 1.11. The van der Waals surface area contributed by atoms with Crippen LogP contribution in [0, 0.1) is 6.92 Å². The van der Waals surface area contributed by atoms with E-state index in [0.717, 1.165) is 26.1 Å². The van der Waals surface area contributed by atoms with Gasteiger partial charge in [0, 0.05) is 30.1 Å². The van der Waals surface area contributed by atoms with Gasteiger partial charge < -0.3 is 10.6 Å².